The van der Waals surface area contributed by atoms with Gasteiger partial charge in [-0.25, -0.2) is 8.42 Å². The SMILES string of the molecule is O=C([C@@H]1CCCCN1S(=O)(=O)c1ccc(Br)cc1)N1CCc2ccccc2C1. The Morgan fingerprint density at radius 3 is 2.43 bits per heavy atom. The largest absolute Gasteiger partial charge is 0.337 e. The standard InChI is InChI=1S/C21H23BrN2O3S/c22-18-8-10-19(11-9-18)28(26,27)24-13-4-3-7-20(24)21(25)23-14-12-16-5-1-2-6-17(16)15-23/h1-2,5-6,8-11,20H,3-4,7,12-15H2/t20-/m0/s1. The van der Waals surface area contributed by atoms with Crippen molar-refractivity contribution in [3.05, 3.63) is 64.1 Å². The third kappa shape index (κ3) is 3.75. The predicted molar refractivity (Wildman–Crippen MR) is 111 cm³/mol. The van der Waals surface area contributed by atoms with Gasteiger partial charge >= 0.3 is 0 Å². The summed E-state index contributed by atoms with van der Waals surface area (Å²) in [6.45, 7) is 1.58. The Morgan fingerprint density at radius 2 is 1.68 bits per heavy atom. The van der Waals surface area contributed by atoms with Crippen LogP contribution in [0.25, 0.3) is 0 Å². The molecule has 1 amide bonds. The number of hydrogen-bond donors (Lipinski definition) is 0. The summed E-state index contributed by atoms with van der Waals surface area (Å²) in [6.07, 6.45) is 3.04. The lowest BCUT2D eigenvalue weighted by molar-refractivity contribution is -0.137. The van der Waals surface area contributed by atoms with Gasteiger partial charge in [-0.15, -0.1) is 0 Å². The van der Waals surface area contributed by atoms with Gasteiger partial charge in [0.1, 0.15) is 6.04 Å². The highest BCUT2D eigenvalue weighted by Gasteiger charge is 2.39. The second-order valence-corrected chi connectivity index (χ2v) is 10.2. The van der Waals surface area contributed by atoms with Crippen LogP contribution in [0.3, 0.4) is 0 Å². The van der Waals surface area contributed by atoms with Gasteiger partial charge in [0.2, 0.25) is 15.9 Å². The number of halogens is 1. The minimum absolute atomic E-state index is 0.0742. The maximum Gasteiger partial charge on any atom is 0.243 e. The maximum absolute atomic E-state index is 13.3. The third-order valence-corrected chi connectivity index (χ3v) is 8.05. The monoisotopic (exact) mass is 462 g/mol. The zero-order valence-electron chi connectivity index (χ0n) is 15.6. The van der Waals surface area contributed by atoms with Crippen molar-refractivity contribution in [3.63, 3.8) is 0 Å². The molecule has 1 atom stereocenters. The summed E-state index contributed by atoms with van der Waals surface area (Å²) >= 11 is 3.34. The fourth-order valence-electron chi connectivity index (χ4n) is 4.08. The number of benzene rings is 2. The molecule has 0 N–H and O–H groups in total. The summed E-state index contributed by atoms with van der Waals surface area (Å²) in [4.78, 5) is 15.4. The van der Waals surface area contributed by atoms with Crippen LogP contribution < -0.4 is 0 Å². The van der Waals surface area contributed by atoms with E-state index >= 15 is 0 Å². The smallest absolute Gasteiger partial charge is 0.243 e. The quantitative estimate of drug-likeness (QED) is 0.700. The molecule has 2 aliphatic heterocycles. The molecule has 5 nitrogen and oxygen atoms in total. The second-order valence-electron chi connectivity index (χ2n) is 7.36. The van der Waals surface area contributed by atoms with Crippen LogP contribution in [0.4, 0.5) is 0 Å². The van der Waals surface area contributed by atoms with Crippen LogP contribution in [0, 0.1) is 0 Å². The van der Waals surface area contributed by atoms with Gasteiger partial charge < -0.3 is 4.90 Å². The number of hydrogen-bond acceptors (Lipinski definition) is 3. The van der Waals surface area contributed by atoms with Crippen molar-refractivity contribution in [2.75, 3.05) is 13.1 Å². The summed E-state index contributed by atoms with van der Waals surface area (Å²) < 4.78 is 28.7. The summed E-state index contributed by atoms with van der Waals surface area (Å²) in [5.41, 5.74) is 2.43. The van der Waals surface area contributed by atoms with Gasteiger partial charge in [-0.05, 0) is 54.7 Å². The average Bonchev–Trinajstić information content (AvgIpc) is 2.73. The zero-order valence-corrected chi connectivity index (χ0v) is 18.0. The third-order valence-electron chi connectivity index (χ3n) is 5.60. The molecular formula is C21H23BrN2O3S. The predicted octanol–water partition coefficient (Wildman–Crippen LogP) is 3.58. The molecule has 0 aromatic heterocycles. The molecule has 2 heterocycles. The number of amides is 1. The van der Waals surface area contributed by atoms with Crippen LogP contribution in [-0.4, -0.2) is 42.7 Å². The molecule has 7 heteroatoms. The number of fused-ring (bicyclic) bond motifs is 1. The van der Waals surface area contributed by atoms with Gasteiger partial charge in [0.15, 0.2) is 0 Å². The number of nitrogens with zero attached hydrogens (tertiary/aromatic N) is 2. The van der Waals surface area contributed by atoms with Crippen LogP contribution in [0.5, 0.6) is 0 Å². The molecule has 1 saturated heterocycles. The van der Waals surface area contributed by atoms with Crippen molar-refractivity contribution in [2.45, 2.75) is 43.2 Å². The summed E-state index contributed by atoms with van der Waals surface area (Å²) in [5.74, 6) is -0.0742. The number of carbonyl (C=O) groups excluding carboxylic acids is 1. The molecule has 2 aromatic carbocycles. The van der Waals surface area contributed by atoms with E-state index in [0.29, 0.717) is 26.1 Å². The lowest BCUT2D eigenvalue weighted by atomic mass is 9.98. The summed E-state index contributed by atoms with van der Waals surface area (Å²) in [7, 11) is -3.71. The first-order valence-electron chi connectivity index (χ1n) is 9.60. The van der Waals surface area contributed by atoms with E-state index in [-0.39, 0.29) is 10.8 Å². The van der Waals surface area contributed by atoms with Gasteiger partial charge in [-0.2, -0.15) is 4.31 Å². The Bertz CT molecular complexity index is 975. The number of rotatable bonds is 3. The fourth-order valence-corrected chi connectivity index (χ4v) is 5.99. The van der Waals surface area contributed by atoms with Crippen molar-refractivity contribution >= 4 is 31.9 Å². The van der Waals surface area contributed by atoms with Crippen LogP contribution in [-0.2, 0) is 27.8 Å². The van der Waals surface area contributed by atoms with E-state index in [1.54, 1.807) is 24.3 Å². The Hall–Kier alpha value is -1.70. The Balaban J connectivity index is 1.59. The van der Waals surface area contributed by atoms with Crippen molar-refractivity contribution in [1.82, 2.24) is 9.21 Å². The molecule has 2 aliphatic rings. The molecule has 0 radical (unpaired) electrons. The highest BCUT2D eigenvalue weighted by atomic mass is 79.9. The highest BCUT2D eigenvalue weighted by Crippen LogP contribution is 2.29. The van der Waals surface area contributed by atoms with Gasteiger partial charge in [0.05, 0.1) is 4.90 Å². The second kappa shape index (κ2) is 7.97. The van der Waals surface area contributed by atoms with Crippen LogP contribution in [0.15, 0.2) is 57.9 Å². The van der Waals surface area contributed by atoms with Crippen LogP contribution >= 0.6 is 15.9 Å². The van der Waals surface area contributed by atoms with Crippen molar-refractivity contribution in [1.29, 1.82) is 0 Å². The lowest BCUT2D eigenvalue weighted by Gasteiger charge is -2.38. The molecule has 0 bridgehead atoms. The number of sulfonamides is 1. The van der Waals surface area contributed by atoms with Crippen molar-refractivity contribution < 1.29 is 13.2 Å². The Morgan fingerprint density at radius 1 is 0.964 bits per heavy atom. The summed E-state index contributed by atoms with van der Waals surface area (Å²) in [6, 6.07) is 14.1. The zero-order chi connectivity index (χ0) is 19.7. The van der Waals surface area contributed by atoms with Gasteiger partial charge in [0, 0.05) is 24.1 Å². The fraction of sp³-hybridized carbons (Fsp3) is 0.381. The number of carbonyl (C=O) groups is 1. The molecule has 0 spiro atoms. The minimum Gasteiger partial charge on any atom is -0.337 e. The van der Waals surface area contributed by atoms with E-state index in [9.17, 15) is 13.2 Å². The molecule has 148 valence electrons. The molecule has 0 saturated carbocycles. The molecule has 1 fully saturated rings. The molecule has 2 aromatic rings. The van der Waals surface area contributed by atoms with E-state index in [0.717, 1.165) is 29.3 Å². The molecule has 0 unspecified atom stereocenters. The Kier molecular flexibility index (Phi) is 5.58. The van der Waals surface area contributed by atoms with E-state index in [2.05, 4.69) is 22.0 Å². The molecular weight excluding hydrogens is 440 g/mol. The van der Waals surface area contributed by atoms with E-state index < -0.39 is 16.1 Å². The molecule has 28 heavy (non-hydrogen) atoms. The maximum atomic E-state index is 13.3. The lowest BCUT2D eigenvalue weighted by Crippen LogP contribution is -2.53. The first kappa shape index (κ1) is 19.6. The molecule has 0 aliphatic carbocycles. The van der Waals surface area contributed by atoms with Gasteiger partial charge in [-0.3, -0.25) is 4.79 Å². The molecule has 4 rings (SSSR count). The van der Waals surface area contributed by atoms with Crippen molar-refractivity contribution in [3.8, 4) is 0 Å². The van der Waals surface area contributed by atoms with Crippen LogP contribution in [0.1, 0.15) is 30.4 Å². The topological polar surface area (TPSA) is 57.7 Å². The average molecular weight is 463 g/mol. The first-order chi connectivity index (χ1) is 13.5. The Labute approximate surface area is 174 Å². The van der Waals surface area contributed by atoms with Crippen molar-refractivity contribution in [2.24, 2.45) is 0 Å². The number of piperidine rings is 1. The van der Waals surface area contributed by atoms with Crippen LogP contribution in [0.2, 0.25) is 0 Å². The first-order valence-corrected chi connectivity index (χ1v) is 11.8. The normalized spacial score (nSPS) is 20.6. The van der Waals surface area contributed by atoms with E-state index in [1.165, 1.54) is 9.87 Å². The van der Waals surface area contributed by atoms with E-state index in [1.807, 2.05) is 23.1 Å². The minimum atomic E-state index is -3.71. The highest BCUT2D eigenvalue weighted by molar-refractivity contribution is 9.10. The van der Waals surface area contributed by atoms with Gasteiger partial charge in [-0.1, -0.05) is 46.6 Å². The summed E-state index contributed by atoms with van der Waals surface area (Å²) in [5, 5.41) is 0. The van der Waals surface area contributed by atoms with Gasteiger partial charge in [0.25, 0.3) is 0 Å². The van der Waals surface area contributed by atoms with E-state index in [4.69, 9.17) is 0 Å².